The van der Waals surface area contributed by atoms with E-state index in [1.165, 1.54) is 6.07 Å². The van der Waals surface area contributed by atoms with Gasteiger partial charge in [-0.2, -0.15) is 0 Å². The van der Waals surface area contributed by atoms with Gasteiger partial charge >= 0.3 is 5.97 Å². The van der Waals surface area contributed by atoms with Crippen LogP contribution in [0.25, 0.3) is 0 Å². The molecule has 2 rings (SSSR count). The average Bonchev–Trinajstić information content (AvgIpc) is 2.91. The smallest absolute Gasteiger partial charge is 0.315 e. The number of anilines is 1. The van der Waals surface area contributed by atoms with Gasteiger partial charge in [0, 0.05) is 11.4 Å². The molecule has 1 fully saturated rings. The zero-order valence-electron chi connectivity index (χ0n) is 10.9. The molecule has 114 valence electrons. The highest BCUT2D eigenvalue weighted by atomic mass is 35.5. The second-order valence-corrected chi connectivity index (χ2v) is 7.29. The minimum Gasteiger partial charge on any atom is -0.455 e. The van der Waals surface area contributed by atoms with E-state index in [0.29, 0.717) is 22.2 Å². The maximum atomic E-state index is 11.8. The first-order valence-electron chi connectivity index (χ1n) is 5.96. The van der Waals surface area contributed by atoms with Gasteiger partial charge in [-0.25, -0.2) is 0 Å². The van der Waals surface area contributed by atoms with Crippen LogP contribution >= 0.6 is 46.4 Å². The summed E-state index contributed by atoms with van der Waals surface area (Å²) in [4.78, 5) is 23.5. The molecule has 1 aliphatic rings. The van der Waals surface area contributed by atoms with E-state index >= 15 is 0 Å². The van der Waals surface area contributed by atoms with E-state index in [1.54, 1.807) is 19.1 Å². The van der Waals surface area contributed by atoms with E-state index in [0.717, 1.165) is 0 Å². The van der Waals surface area contributed by atoms with Gasteiger partial charge in [0.1, 0.15) is 9.75 Å². The molecule has 0 aromatic heterocycles. The summed E-state index contributed by atoms with van der Waals surface area (Å²) in [6.07, 6.45) is 0.295. The number of nitrogens with one attached hydrogen (secondary N) is 1. The van der Waals surface area contributed by atoms with Gasteiger partial charge in [0.25, 0.3) is 5.91 Å². The molecule has 21 heavy (non-hydrogen) atoms. The molecule has 0 bridgehead atoms. The van der Waals surface area contributed by atoms with Crippen LogP contribution in [-0.4, -0.2) is 22.8 Å². The molecule has 1 aromatic rings. The summed E-state index contributed by atoms with van der Waals surface area (Å²) < 4.78 is 3.78. The zero-order valence-corrected chi connectivity index (χ0v) is 13.9. The number of ether oxygens (including phenoxy) is 1. The minimum absolute atomic E-state index is 0.295. The number of esters is 1. The number of hydrogen-bond acceptors (Lipinski definition) is 3. The zero-order chi connectivity index (χ0) is 15.8. The summed E-state index contributed by atoms with van der Waals surface area (Å²) in [6.45, 7) is 1.13. The van der Waals surface area contributed by atoms with Crippen molar-refractivity contribution >= 4 is 64.0 Å². The third kappa shape index (κ3) is 3.57. The molecule has 1 aliphatic carbocycles. The van der Waals surface area contributed by atoms with Gasteiger partial charge in [-0.15, -0.1) is 23.2 Å². The van der Waals surface area contributed by atoms with Crippen molar-refractivity contribution in [1.82, 2.24) is 0 Å². The number of rotatable bonds is 4. The molecule has 1 saturated carbocycles. The number of alkyl halides is 2. The van der Waals surface area contributed by atoms with Crippen molar-refractivity contribution < 1.29 is 14.3 Å². The van der Waals surface area contributed by atoms with Crippen LogP contribution in [0, 0.1) is 5.41 Å². The standard InChI is InChI=1S/C13H11Cl4NO3/c1-12(6-13(12,16)17)11(20)21-5-10(19)18-9-4-7(14)2-3-8(9)15/h2-4H,5-6H2,1H3,(H,18,19)/t12-/m0/s1. The Morgan fingerprint density at radius 1 is 1.33 bits per heavy atom. The fraction of sp³-hybridized carbons (Fsp3) is 0.385. The maximum absolute atomic E-state index is 11.8. The van der Waals surface area contributed by atoms with Crippen LogP contribution in [0.1, 0.15) is 13.3 Å². The van der Waals surface area contributed by atoms with Crippen LogP contribution in [0.15, 0.2) is 18.2 Å². The van der Waals surface area contributed by atoms with Crippen molar-refractivity contribution in [2.24, 2.45) is 5.41 Å². The number of hydrogen-bond donors (Lipinski definition) is 1. The molecule has 0 heterocycles. The first-order chi connectivity index (χ1) is 9.65. The molecule has 1 aromatic carbocycles. The van der Waals surface area contributed by atoms with Crippen LogP contribution in [0.3, 0.4) is 0 Å². The molecule has 4 nitrogen and oxygen atoms in total. The molecule has 8 heteroatoms. The highest BCUT2D eigenvalue weighted by Crippen LogP contribution is 2.64. The second kappa shape index (κ2) is 5.84. The molecule has 1 N–H and O–H groups in total. The van der Waals surface area contributed by atoms with Gasteiger partial charge in [-0.3, -0.25) is 9.59 Å². The van der Waals surface area contributed by atoms with Gasteiger partial charge in [0.05, 0.1) is 10.7 Å². The fourth-order valence-corrected chi connectivity index (χ4v) is 2.72. The van der Waals surface area contributed by atoms with E-state index in [-0.39, 0.29) is 0 Å². The Hall–Kier alpha value is -0.680. The summed E-state index contributed by atoms with van der Waals surface area (Å²) in [5, 5.41) is 3.25. The number of benzene rings is 1. The molecule has 0 spiro atoms. The van der Waals surface area contributed by atoms with Crippen molar-refractivity contribution in [2.45, 2.75) is 17.7 Å². The van der Waals surface area contributed by atoms with Gasteiger partial charge in [0.2, 0.25) is 0 Å². The normalized spacial score (nSPS) is 22.5. The van der Waals surface area contributed by atoms with Crippen molar-refractivity contribution in [3.8, 4) is 0 Å². The molecule has 0 saturated heterocycles. The van der Waals surface area contributed by atoms with E-state index in [9.17, 15) is 9.59 Å². The largest absolute Gasteiger partial charge is 0.455 e. The topological polar surface area (TPSA) is 55.4 Å². The van der Waals surface area contributed by atoms with Crippen molar-refractivity contribution in [1.29, 1.82) is 0 Å². The first-order valence-corrected chi connectivity index (χ1v) is 7.47. The lowest BCUT2D eigenvalue weighted by Gasteiger charge is -2.12. The number of amides is 1. The summed E-state index contributed by atoms with van der Waals surface area (Å²) in [5.41, 5.74) is -0.628. The monoisotopic (exact) mass is 369 g/mol. The summed E-state index contributed by atoms with van der Waals surface area (Å²) in [7, 11) is 0. The maximum Gasteiger partial charge on any atom is 0.315 e. The molecule has 1 amide bonds. The molecule has 0 aliphatic heterocycles. The molecule has 1 atom stereocenters. The van der Waals surface area contributed by atoms with Crippen LogP contribution in [0.5, 0.6) is 0 Å². The first kappa shape index (κ1) is 16.7. The highest BCUT2D eigenvalue weighted by Gasteiger charge is 2.69. The van der Waals surface area contributed by atoms with Gasteiger partial charge in [-0.1, -0.05) is 23.2 Å². The molecular weight excluding hydrogens is 360 g/mol. The summed E-state index contributed by atoms with van der Waals surface area (Å²) >= 11 is 23.4. The molecular formula is C13H11Cl4NO3. The average molecular weight is 371 g/mol. The lowest BCUT2D eigenvalue weighted by molar-refractivity contribution is -0.152. The van der Waals surface area contributed by atoms with E-state index in [2.05, 4.69) is 5.32 Å². The van der Waals surface area contributed by atoms with Gasteiger partial charge in [-0.05, 0) is 25.1 Å². The third-order valence-electron chi connectivity index (χ3n) is 3.25. The SMILES string of the molecule is C[C@@]1(C(=O)OCC(=O)Nc2cc(Cl)ccc2Cl)CC1(Cl)Cl. The van der Waals surface area contributed by atoms with E-state index < -0.39 is 28.2 Å². The Bertz CT molecular complexity index is 605. The Morgan fingerprint density at radius 3 is 2.52 bits per heavy atom. The van der Waals surface area contributed by atoms with Crippen LogP contribution in [0.4, 0.5) is 5.69 Å². The number of carbonyl (C=O) groups is 2. The Balaban J connectivity index is 1.89. The van der Waals surface area contributed by atoms with E-state index in [4.69, 9.17) is 51.1 Å². The lowest BCUT2D eigenvalue weighted by atomic mass is 10.1. The summed E-state index contributed by atoms with van der Waals surface area (Å²) in [6, 6.07) is 4.63. The van der Waals surface area contributed by atoms with Gasteiger partial charge in [0.15, 0.2) is 6.61 Å². The fourth-order valence-electron chi connectivity index (χ4n) is 1.69. The van der Waals surface area contributed by atoms with E-state index in [1.807, 2.05) is 0 Å². The lowest BCUT2D eigenvalue weighted by Crippen LogP contribution is -2.26. The Labute approximate surface area is 141 Å². The number of carbonyl (C=O) groups excluding carboxylic acids is 2. The predicted molar refractivity (Wildman–Crippen MR) is 83.2 cm³/mol. The minimum atomic E-state index is -1.13. The number of halogens is 4. The van der Waals surface area contributed by atoms with Crippen molar-refractivity contribution in [2.75, 3.05) is 11.9 Å². The predicted octanol–water partition coefficient (Wildman–Crippen LogP) is 4.06. The van der Waals surface area contributed by atoms with Crippen LogP contribution in [-0.2, 0) is 14.3 Å². The Morgan fingerprint density at radius 2 is 1.95 bits per heavy atom. The van der Waals surface area contributed by atoms with Gasteiger partial charge < -0.3 is 10.1 Å². The second-order valence-electron chi connectivity index (χ2n) is 4.96. The van der Waals surface area contributed by atoms with Crippen molar-refractivity contribution in [3.63, 3.8) is 0 Å². The molecule has 0 unspecified atom stereocenters. The highest BCUT2D eigenvalue weighted by molar-refractivity contribution is 6.53. The van der Waals surface area contributed by atoms with Crippen LogP contribution < -0.4 is 5.32 Å². The van der Waals surface area contributed by atoms with Crippen molar-refractivity contribution in [3.05, 3.63) is 28.2 Å². The molecule has 0 radical (unpaired) electrons. The summed E-state index contributed by atoms with van der Waals surface area (Å²) in [5.74, 6) is -1.15. The van der Waals surface area contributed by atoms with Crippen LogP contribution in [0.2, 0.25) is 10.0 Å². The quantitative estimate of drug-likeness (QED) is 0.642. The third-order valence-corrected chi connectivity index (χ3v) is 4.91. The Kier molecular flexibility index (Phi) is 4.64.